The molecule has 1 saturated carbocycles. The molecule has 3 nitrogen and oxygen atoms in total. The van der Waals surface area contributed by atoms with Crippen LogP contribution in [-0.4, -0.2) is 59.8 Å². The summed E-state index contributed by atoms with van der Waals surface area (Å²) in [5.41, 5.74) is 0.864. The van der Waals surface area contributed by atoms with Crippen molar-refractivity contribution in [3.63, 3.8) is 0 Å². The molecule has 2 atom stereocenters. The third-order valence-electron chi connectivity index (χ3n) is 8.03. The number of hydrogen-bond acceptors (Lipinski definition) is 3. The van der Waals surface area contributed by atoms with Gasteiger partial charge in [-0.1, -0.05) is 49.6 Å². The summed E-state index contributed by atoms with van der Waals surface area (Å²) in [4.78, 5) is 5.32. The molecule has 1 aliphatic carbocycles. The van der Waals surface area contributed by atoms with Crippen molar-refractivity contribution in [1.82, 2.24) is 9.80 Å². The molecule has 29 heavy (non-hydrogen) atoms. The van der Waals surface area contributed by atoms with E-state index in [0.717, 1.165) is 25.9 Å². The van der Waals surface area contributed by atoms with E-state index in [2.05, 4.69) is 40.1 Å². The third kappa shape index (κ3) is 5.62. The summed E-state index contributed by atoms with van der Waals surface area (Å²) < 4.78 is 0. The first-order valence-electron chi connectivity index (χ1n) is 12.4. The quantitative estimate of drug-likeness (QED) is 0.719. The molecule has 3 aliphatic rings. The maximum atomic E-state index is 12.3. The third-order valence-corrected chi connectivity index (χ3v) is 8.03. The van der Waals surface area contributed by atoms with Crippen LogP contribution in [0.5, 0.6) is 0 Å². The first kappa shape index (κ1) is 21.3. The van der Waals surface area contributed by atoms with Crippen molar-refractivity contribution >= 4 is 0 Å². The van der Waals surface area contributed by atoms with Gasteiger partial charge in [-0.15, -0.1) is 0 Å². The van der Waals surface area contributed by atoms with Gasteiger partial charge in [0, 0.05) is 24.9 Å². The highest BCUT2D eigenvalue weighted by molar-refractivity contribution is 5.15. The van der Waals surface area contributed by atoms with E-state index in [4.69, 9.17) is 0 Å². The van der Waals surface area contributed by atoms with Crippen LogP contribution in [0.15, 0.2) is 30.3 Å². The monoisotopic (exact) mass is 398 g/mol. The normalized spacial score (nSPS) is 32.3. The predicted octanol–water partition coefficient (Wildman–Crippen LogP) is 4.74. The molecule has 0 amide bonds. The van der Waals surface area contributed by atoms with E-state index in [9.17, 15) is 5.11 Å². The minimum atomic E-state index is -0.511. The lowest BCUT2D eigenvalue weighted by molar-refractivity contribution is -0.117. The first-order chi connectivity index (χ1) is 14.2. The number of aryl methyl sites for hydroxylation is 1. The Morgan fingerprint density at radius 1 is 0.724 bits per heavy atom. The average Bonchev–Trinajstić information content (AvgIpc) is 2.78. The van der Waals surface area contributed by atoms with Gasteiger partial charge >= 0.3 is 0 Å². The van der Waals surface area contributed by atoms with Gasteiger partial charge in [-0.2, -0.15) is 0 Å². The number of aliphatic hydroxyl groups is 1. The van der Waals surface area contributed by atoms with E-state index >= 15 is 0 Å². The second kappa shape index (κ2) is 10.4. The van der Waals surface area contributed by atoms with Gasteiger partial charge in [0.1, 0.15) is 0 Å². The SMILES string of the molecule is OC1(CCc2ccccc2)C(CN2CCCCC2)CCCC1CN1CCCCC1. The van der Waals surface area contributed by atoms with E-state index in [1.54, 1.807) is 0 Å². The molecule has 2 heterocycles. The van der Waals surface area contributed by atoms with Gasteiger partial charge in [0.2, 0.25) is 0 Å². The molecule has 3 heteroatoms. The van der Waals surface area contributed by atoms with Crippen molar-refractivity contribution in [3.8, 4) is 0 Å². The highest BCUT2D eigenvalue weighted by Gasteiger charge is 2.46. The lowest BCUT2D eigenvalue weighted by Crippen LogP contribution is -2.55. The zero-order valence-corrected chi connectivity index (χ0v) is 18.4. The number of likely N-dealkylation sites (tertiary alicyclic amines) is 2. The van der Waals surface area contributed by atoms with Gasteiger partial charge in [0.15, 0.2) is 0 Å². The Morgan fingerprint density at radius 2 is 1.24 bits per heavy atom. The van der Waals surface area contributed by atoms with Crippen molar-refractivity contribution < 1.29 is 5.11 Å². The van der Waals surface area contributed by atoms with Crippen molar-refractivity contribution in [2.45, 2.75) is 76.2 Å². The molecule has 3 fully saturated rings. The topological polar surface area (TPSA) is 26.7 Å². The summed E-state index contributed by atoms with van der Waals surface area (Å²) >= 11 is 0. The second-order valence-corrected chi connectivity index (χ2v) is 10.0. The van der Waals surface area contributed by atoms with E-state index in [0.29, 0.717) is 11.8 Å². The summed E-state index contributed by atoms with van der Waals surface area (Å²) in [6.07, 6.45) is 13.8. The number of nitrogens with zero attached hydrogens (tertiary/aromatic N) is 2. The van der Waals surface area contributed by atoms with Crippen LogP contribution < -0.4 is 0 Å². The fourth-order valence-electron chi connectivity index (χ4n) is 6.25. The van der Waals surface area contributed by atoms with Crippen LogP contribution in [-0.2, 0) is 6.42 Å². The fourth-order valence-corrected chi connectivity index (χ4v) is 6.25. The molecule has 0 bridgehead atoms. The van der Waals surface area contributed by atoms with E-state index in [-0.39, 0.29) is 0 Å². The number of hydrogen-bond donors (Lipinski definition) is 1. The summed E-state index contributed by atoms with van der Waals surface area (Å²) in [5.74, 6) is 0.876. The molecule has 1 aromatic carbocycles. The molecule has 0 spiro atoms. The van der Waals surface area contributed by atoms with Gasteiger partial charge in [-0.05, 0) is 83.1 Å². The summed E-state index contributed by atoms with van der Waals surface area (Å²) in [6.45, 7) is 7.18. The number of benzene rings is 1. The zero-order chi connectivity index (χ0) is 19.9. The standard InChI is InChI=1S/C26H42N2O/c29-26(16-15-23-11-4-1-5-12-23)24(21-27-17-6-2-7-18-27)13-10-14-25(26)22-28-19-8-3-9-20-28/h1,4-5,11-12,24-25,29H,2-3,6-10,13-22H2. The molecular formula is C26H42N2O. The summed E-state index contributed by atoms with van der Waals surface area (Å²) in [5, 5.41) is 12.3. The van der Waals surface area contributed by atoms with E-state index < -0.39 is 5.60 Å². The Labute approximate surface area is 178 Å². The van der Waals surface area contributed by atoms with Crippen molar-refractivity contribution in [1.29, 1.82) is 0 Å². The molecule has 4 rings (SSSR count). The molecule has 2 saturated heterocycles. The van der Waals surface area contributed by atoms with Gasteiger partial charge in [0.25, 0.3) is 0 Å². The molecule has 1 N–H and O–H groups in total. The smallest absolute Gasteiger partial charge is 0.0731 e. The maximum Gasteiger partial charge on any atom is 0.0731 e. The summed E-state index contributed by atoms with van der Waals surface area (Å²) in [6, 6.07) is 10.8. The van der Waals surface area contributed by atoms with Crippen molar-refractivity contribution in [2.24, 2.45) is 11.8 Å². The predicted molar refractivity (Wildman–Crippen MR) is 121 cm³/mol. The van der Waals surface area contributed by atoms with Gasteiger partial charge in [-0.3, -0.25) is 0 Å². The minimum absolute atomic E-state index is 0.438. The van der Waals surface area contributed by atoms with Crippen molar-refractivity contribution in [3.05, 3.63) is 35.9 Å². The second-order valence-electron chi connectivity index (χ2n) is 10.0. The Bertz CT molecular complexity index is 564. The minimum Gasteiger partial charge on any atom is -0.389 e. The average molecular weight is 399 g/mol. The largest absolute Gasteiger partial charge is 0.389 e. The highest BCUT2D eigenvalue weighted by atomic mass is 16.3. The van der Waals surface area contributed by atoms with Crippen LogP contribution in [0, 0.1) is 11.8 Å². The lowest BCUT2D eigenvalue weighted by Gasteiger charge is -2.49. The molecule has 0 radical (unpaired) electrons. The van der Waals surface area contributed by atoms with Gasteiger partial charge in [0.05, 0.1) is 5.60 Å². The van der Waals surface area contributed by atoms with Gasteiger partial charge < -0.3 is 14.9 Å². The summed E-state index contributed by atoms with van der Waals surface area (Å²) in [7, 11) is 0. The Hall–Kier alpha value is -0.900. The van der Waals surface area contributed by atoms with E-state index in [1.807, 2.05) is 0 Å². The Balaban J connectivity index is 1.47. The highest BCUT2D eigenvalue weighted by Crippen LogP contribution is 2.43. The van der Waals surface area contributed by atoms with Crippen LogP contribution in [0.2, 0.25) is 0 Å². The Morgan fingerprint density at radius 3 is 1.76 bits per heavy atom. The number of piperidine rings is 2. The van der Waals surface area contributed by atoms with Crippen LogP contribution in [0.1, 0.15) is 69.8 Å². The zero-order valence-electron chi connectivity index (χ0n) is 18.4. The molecular weight excluding hydrogens is 356 g/mol. The van der Waals surface area contributed by atoms with E-state index in [1.165, 1.54) is 89.5 Å². The van der Waals surface area contributed by atoms with Crippen LogP contribution in [0.25, 0.3) is 0 Å². The fraction of sp³-hybridized carbons (Fsp3) is 0.769. The first-order valence-corrected chi connectivity index (χ1v) is 12.4. The van der Waals surface area contributed by atoms with Crippen LogP contribution in [0.4, 0.5) is 0 Å². The maximum absolute atomic E-state index is 12.3. The Kier molecular flexibility index (Phi) is 7.66. The van der Waals surface area contributed by atoms with Crippen molar-refractivity contribution in [2.75, 3.05) is 39.3 Å². The number of rotatable bonds is 7. The van der Waals surface area contributed by atoms with Gasteiger partial charge in [-0.25, -0.2) is 0 Å². The lowest BCUT2D eigenvalue weighted by atomic mass is 9.65. The van der Waals surface area contributed by atoms with Crippen LogP contribution in [0.3, 0.4) is 0 Å². The molecule has 2 aliphatic heterocycles. The molecule has 1 aromatic rings. The van der Waals surface area contributed by atoms with Crippen LogP contribution >= 0.6 is 0 Å². The molecule has 0 aromatic heterocycles. The molecule has 2 unspecified atom stereocenters. The molecule has 162 valence electrons.